The van der Waals surface area contributed by atoms with Crippen LogP contribution in [0.4, 0.5) is 0 Å². The van der Waals surface area contributed by atoms with E-state index in [4.69, 9.17) is 13.9 Å². The van der Waals surface area contributed by atoms with Gasteiger partial charge in [0.15, 0.2) is 16.7 Å². The van der Waals surface area contributed by atoms with Gasteiger partial charge in [-0.05, 0) is 77.5 Å². The number of carbonyl (C=O) groups is 1. The number of benzene rings is 2. The summed E-state index contributed by atoms with van der Waals surface area (Å²) in [6, 6.07) is 15.8. The van der Waals surface area contributed by atoms with Crippen molar-refractivity contribution in [1.29, 1.82) is 0 Å². The third kappa shape index (κ3) is 5.27. The highest BCUT2D eigenvalue weighted by Gasteiger charge is 2.34. The van der Waals surface area contributed by atoms with Crippen LogP contribution in [-0.2, 0) is 11.3 Å². The fourth-order valence-corrected chi connectivity index (χ4v) is 3.99. The Kier molecular flexibility index (Phi) is 6.80. The number of ether oxygens (including phenoxy) is 2. The number of furan rings is 1. The van der Waals surface area contributed by atoms with Gasteiger partial charge in [0, 0.05) is 0 Å². The van der Waals surface area contributed by atoms with Crippen molar-refractivity contribution in [3.8, 4) is 17.2 Å². The highest BCUT2D eigenvalue weighted by molar-refractivity contribution is 8.18. The van der Waals surface area contributed by atoms with Gasteiger partial charge in [0.2, 0.25) is 0 Å². The number of rotatable bonds is 7. The Bertz CT molecular complexity index is 1220. The van der Waals surface area contributed by atoms with E-state index in [0.717, 1.165) is 11.3 Å². The summed E-state index contributed by atoms with van der Waals surface area (Å²) in [5.74, 6) is 1.51. The third-order valence-electron chi connectivity index (χ3n) is 4.75. The average molecular weight is 464 g/mol. The van der Waals surface area contributed by atoms with Crippen molar-refractivity contribution in [2.75, 3.05) is 14.2 Å². The van der Waals surface area contributed by atoms with Gasteiger partial charge < -0.3 is 19.0 Å². The first kappa shape index (κ1) is 22.2. The number of phenols is 1. The topological polar surface area (TPSA) is 96.9 Å². The minimum Gasteiger partial charge on any atom is -0.504 e. The Morgan fingerprint density at radius 3 is 2.58 bits per heavy atom. The summed E-state index contributed by atoms with van der Waals surface area (Å²) in [6.45, 7) is 0.228. The number of hydrogen-bond donors (Lipinski definition) is 1. The zero-order chi connectivity index (χ0) is 23.2. The molecule has 0 bridgehead atoms. The van der Waals surface area contributed by atoms with Crippen molar-refractivity contribution in [3.63, 3.8) is 0 Å². The predicted octanol–water partition coefficient (Wildman–Crippen LogP) is 4.51. The molecule has 1 aromatic heterocycles. The molecule has 0 saturated carbocycles. The van der Waals surface area contributed by atoms with Crippen molar-refractivity contribution >= 4 is 35.1 Å². The van der Waals surface area contributed by atoms with Gasteiger partial charge in [0.25, 0.3) is 5.91 Å². The molecule has 9 heteroatoms. The molecule has 1 fully saturated rings. The van der Waals surface area contributed by atoms with Crippen LogP contribution in [-0.4, -0.2) is 41.5 Å². The van der Waals surface area contributed by atoms with Gasteiger partial charge in [-0.2, -0.15) is 5.10 Å². The molecule has 33 heavy (non-hydrogen) atoms. The zero-order valence-electron chi connectivity index (χ0n) is 18.0. The molecule has 0 aliphatic carbocycles. The lowest BCUT2D eigenvalue weighted by Gasteiger charge is -2.12. The monoisotopic (exact) mass is 463 g/mol. The van der Waals surface area contributed by atoms with Crippen LogP contribution < -0.4 is 9.47 Å². The van der Waals surface area contributed by atoms with Crippen molar-refractivity contribution in [1.82, 2.24) is 4.90 Å². The minimum absolute atomic E-state index is 0.0274. The molecule has 0 spiro atoms. The Morgan fingerprint density at radius 1 is 1.09 bits per heavy atom. The van der Waals surface area contributed by atoms with E-state index in [2.05, 4.69) is 10.2 Å². The van der Waals surface area contributed by atoms with Gasteiger partial charge in [0.1, 0.15) is 11.5 Å². The van der Waals surface area contributed by atoms with Gasteiger partial charge in [-0.1, -0.05) is 6.07 Å². The van der Waals surface area contributed by atoms with Crippen LogP contribution in [0.1, 0.15) is 16.9 Å². The highest BCUT2D eigenvalue weighted by atomic mass is 32.2. The number of aromatic hydroxyl groups is 1. The van der Waals surface area contributed by atoms with E-state index in [1.54, 1.807) is 49.9 Å². The second kappa shape index (κ2) is 10.1. The van der Waals surface area contributed by atoms with Gasteiger partial charge >= 0.3 is 0 Å². The summed E-state index contributed by atoms with van der Waals surface area (Å²) < 4.78 is 15.7. The first-order valence-corrected chi connectivity index (χ1v) is 10.7. The molecule has 1 N–H and O–H groups in total. The lowest BCUT2D eigenvalue weighted by atomic mass is 10.2. The first-order valence-electron chi connectivity index (χ1n) is 9.93. The van der Waals surface area contributed by atoms with Crippen LogP contribution in [0.15, 0.2) is 80.4 Å². The SMILES string of the molecule is COc1ccc(/C=N/N=C2\S/C(=C\c3ccc(O)c(OC)c3)C(=O)N2Cc2ccco2)cc1. The highest BCUT2D eigenvalue weighted by Crippen LogP contribution is 2.35. The van der Waals surface area contributed by atoms with Crippen molar-refractivity contribution in [2.24, 2.45) is 10.2 Å². The average Bonchev–Trinajstić information content (AvgIpc) is 3.45. The van der Waals surface area contributed by atoms with E-state index in [0.29, 0.717) is 27.1 Å². The molecule has 8 nitrogen and oxygen atoms in total. The Balaban J connectivity index is 1.61. The predicted molar refractivity (Wildman–Crippen MR) is 128 cm³/mol. The summed E-state index contributed by atoms with van der Waals surface area (Å²) in [5, 5.41) is 18.7. The molecule has 0 atom stereocenters. The maximum absolute atomic E-state index is 13.1. The normalized spacial score (nSPS) is 16.3. The second-order valence-corrected chi connectivity index (χ2v) is 7.92. The molecule has 0 unspecified atom stereocenters. The molecular weight excluding hydrogens is 442 g/mol. The number of amides is 1. The number of carbonyl (C=O) groups excluding carboxylic acids is 1. The third-order valence-corrected chi connectivity index (χ3v) is 5.75. The molecule has 1 saturated heterocycles. The van der Waals surface area contributed by atoms with Crippen LogP contribution in [0.25, 0.3) is 6.08 Å². The number of amidine groups is 1. The zero-order valence-corrected chi connectivity index (χ0v) is 18.8. The second-order valence-electron chi connectivity index (χ2n) is 6.91. The number of thioether (sulfide) groups is 1. The molecule has 2 aromatic carbocycles. The maximum Gasteiger partial charge on any atom is 0.267 e. The maximum atomic E-state index is 13.1. The van der Waals surface area contributed by atoms with Crippen molar-refractivity contribution in [3.05, 3.63) is 82.7 Å². The Hall–Kier alpha value is -3.98. The molecule has 1 aliphatic heterocycles. The number of methoxy groups -OCH3 is 2. The van der Waals surface area contributed by atoms with E-state index in [-0.39, 0.29) is 18.2 Å². The van der Waals surface area contributed by atoms with E-state index in [9.17, 15) is 9.90 Å². The van der Waals surface area contributed by atoms with Gasteiger partial charge in [-0.3, -0.25) is 9.69 Å². The fraction of sp³-hybridized carbons (Fsp3) is 0.125. The quantitative estimate of drug-likeness (QED) is 0.315. The Labute approximate surface area is 194 Å². The van der Waals surface area contributed by atoms with E-state index in [1.165, 1.54) is 29.8 Å². The largest absolute Gasteiger partial charge is 0.504 e. The first-order chi connectivity index (χ1) is 16.1. The minimum atomic E-state index is -0.221. The van der Waals surface area contributed by atoms with Gasteiger partial charge in [0.05, 0.1) is 38.1 Å². The van der Waals surface area contributed by atoms with Crippen LogP contribution in [0, 0.1) is 0 Å². The van der Waals surface area contributed by atoms with Crippen molar-refractivity contribution < 1.29 is 23.8 Å². The molecular formula is C24H21N3O5S. The molecule has 0 radical (unpaired) electrons. The lowest BCUT2D eigenvalue weighted by Crippen LogP contribution is -2.28. The molecule has 168 valence electrons. The summed E-state index contributed by atoms with van der Waals surface area (Å²) >= 11 is 1.21. The fourth-order valence-electron chi connectivity index (χ4n) is 3.05. The lowest BCUT2D eigenvalue weighted by molar-refractivity contribution is -0.122. The van der Waals surface area contributed by atoms with Crippen LogP contribution in [0.5, 0.6) is 17.2 Å². The van der Waals surface area contributed by atoms with Crippen LogP contribution in [0.3, 0.4) is 0 Å². The molecule has 1 amide bonds. The molecule has 3 aromatic rings. The van der Waals surface area contributed by atoms with E-state index >= 15 is 0 Å². The number of hydrogen-bond acceptors (Lipinski definition) is 8. The smallest absolute Gasteiger partial charge is 0.267 e. The van der Waals surface area contributed by atoms with Gasteiger partial charge in [-0.25, -0.2) is 0 Å². The number of phenolic OH excluding ortho intramolecular Hbond substituents is 1. The van der Waals surface area contributed by atoms with Crippen molar-refractivity contribution in [2.45, 2.75) is 6.54 Å². The van der Waals surface area contributed by atoms with Gasteiger partial charge in [-0.15, -0.1) is 5.10 Å². The summed E-state index contributed by atoms with van der Waals surface area (Å²) in [4.78, 5) is 15.1. The summed E-state index contributed by atoms with van der Waals surface area (Å²) in [7, 11) is 3.08. The van der Waals surface area contributed by atoms with E-state index < -0.39 is 0 Å². The molecule has 4 rings (SSSR count). The summed E-state index contributed by atoms with van der Waals surface area (Å²) in [6.07, 6.45) is 4.88. The standard InChI is InChI=1S/C24H21N3O5S/c1-30-18-8-5-16(6-9-18)14-25-26-24-27(15-19-4-3-11-32-19)23(29)22(33-24)13-17-7-10-20(28)21(12-17)31-2/h3-14,28H,15H2,1-2H3/b22-13-,25-14+,26-24-. The Morgan fingerprint density at radius 2 is 1.88 bits per heavy atom. The van der Waals surface area contributed by atoms with E-state index in [1.807, 2.05) is 24.3 Å². The van der Waals surface area contributed by atoms with Crippen LogP contribution >= 0.6 is 11.8 Å². The number of nitrogens with zero attached hydrogens (tertiary/aromatic N) is 3. The molecule has 2 heterocycles. The summed E-state index contributed by atoms with van der Waals surface area (Å²) in [5.41, 5.74) is 1.56. The molecule has 1 aliphatic rings. The van der Waals surface area contributed by atoms with Crippen LogP contribution in [0.2, 0.25) is 0 Å².